The van der Waals surface area contributed by atoms with Gasteiger partial charge in [0.25, 0.3) is 0 Å². The smallest absolute Gasteiger partial charge is 0.119 e. The molecule has 3 heteroatoms. The van der Waals surface area contributed by atoms with E-state index in [2.05, 4.69) is 19.1 Å². The maximum atomic E-state index is 9.01. The highest BCUT2D eigenvalue weighted by Gasteiger charge is 2.06. The third kappa shape index (κ3) is 6.60. The molecule has 0 saturated carbocycles. The molecule has 0 saturated heterocycles. The minimum Gasteiger partial charge on any atom is -0.494 e. The molecule has 0 unspecified atom stereocenters. The molecule has 0 aliphatic rings. The summed E-state index contributed by atoms with van der Waals surface area (Å²) in [6.45, 7) is 3.06. The fourth-order valence-electron chi connectivity index (χ4n) is 1.91. The number of aliphatic hydroxyl groups is 2. The van der Waals surface area contributed by atoms with Crippen LogP contribution in [0.2, 0.25) is 0 Å². The van der Waals surface area contributed by atoms with Crippen molar-refractivity contribution in [3.63, 3.8) is 0 Å². The highest BCUT2D eigenvalue weighted by atomic mass is 16.5. The van der Waals surface area contributed by atoms with Crippen molar-refractivity contribution in [2.45, 2.75) is 39.0 Å². The van der Waals surface area contributed by atoms with Crippen LogP contribution in [0.25, 0.3) is 0 Å². The Kier molecular flexibility index (Phi) is 8.26. The highest BCUT2D eigenvalue weighted by Crippen LogP contribution is 2.15. The molecule has 0 heterocycles. The molecular formula is C16H26O3. The average molecular weight is 266 g/mol. The molecule has 0 bridgehead atoms. The number of aliphatic hydroxyl groups excluding tert-OH is 2. The summed E-state index contributed by atoms with van der Waals surface area (Å²) >= 11 is 0. The lowest BCUT2D eigenvalue weighted by Crippen LogP contribution is -2.11. The van der Waals surface area contributed by atoms with Crippen molar-refractivity contribution in [3.05, 3.63) is 29.8 Å². The van der Waals surface area contributed by atoms with Gasteiger partial charge in [0.15, 0.2) is 0 Å². The number of aryl methyl sites for hydroxylation is 1. The number of unbranched alkanes of at least 4 members (excludes halogenated alkanes) is 2. The summed E-state index contributed by atoms with van der Waals surface area (Å²) in [4.78, 5) is 0. The molecule has 0 fully saturated rings. The standard InChI is InChI=1S/C16H26O3/c1-2-3-4-11-19-16-9-7-14(8-10-16)5-6-15(12-17)13-18/h7-10,15,17-18H,2-6,11-13H2,1H3. The Balaban J connectivity index is 2.30. The average Bonchev–Trinajstić information content (AvgIpc) is 2.46. The molecule has 3 nitrogen and oxygen atoms in total. The first-order valence-corrected chi connectivity index (χ1v) is 7.23. The van der Waals surface area contributed by atoms with Crippen LogP contribution in [0, 0.1) is 5.92 Å². The van der Waals surface area contributed by atoms with Gasteiger partial charge in [-0.05, 0) is 37.0 Å². The van der Waals surface area contributed by atoms with Crippen LogP contribution in [0.1, 0.15) is 38.2 Å². The summed E-state index contributed by atoms with van der Waals surface area (Å²) < 4.78 is 5.65. The Morgan fingerprint density at radius 2 is 1.74 bits per heavy atom. The van der Waals surface area contributed by atoms with Crippen LogP contribution in [0.3, 0.4) is 0 Å². The van der Waals surface area contributed by atoms with Gasteiger partial charge in [-0.15, -0.1) is 0 Å². The van der Waals surface area contributed by atoms with E-state index in [0.717, 1.165) is 31.6 Å². The minimum absolute atomic E-state index is 0.00929. The number of ether oxygens (including phenoxy) is 1. The fraction of sp³-hybridized carbons (Fsp3) is 0.625. The number of hydrogen-bond donors (Lipinski definition) is 2. The zero-order valence-corrected chi connectivity index (χ0v) is 11.8. The van der Waals surface area contributed by atoms with Crippen LogP contribution < -0.4 is 4.74 Å². The third-order valence-corrected chi connectivity index (χ3v) is 3.30. The topological polar surface area (TPSA) is 49.7 Å². The molecule has 0 atom stereocenters. The first kappa shape index (κ1) is 16.0. The lowest BCUT2D eigenvalue weighted by Gasteiger charge is -2.11. The Bertz CT molecular complexity index is 317. The SMILES string of the molecule is CCCCCOc1ccc(CCC(CO)CO)cc1. The van der Waals surface area contributed by atoms with Crippen molar-refractivity contribution < 1.29 is 14.9 Å². The molecule has 108 valence electrons. The molecule has 2 N–H and O–H groups in total. The Hall–Kier alpha value is -1.06. The number of hydrogen-bond acceptors (Lipinski definition) is 3. The van der Waals surface area contributed by atoms with Crippen LogP contribution in [0.15, 0.2) is 24.3 Å². The quantitative estimate of drug-likeness (QED) is 0.640. The van der Waals surface area contributed by atoms with Crippen molar-refractivity contribution in [3.8, 4) is 5.75 Å². The van der Waals surface area contributed by atoms with Crippen molar-refractivity contribution in [2.75, 3.05) is 19.8 Å². The summed E-state index contributed by atoms with van der Waals surface area (Å²) in [5, 5.41) is 18.0. The predicted octanol–water partition coefficient (Wildman–Crippen LogP) is 2.79. The van der Waals surface area contributed by atoms with Crippen molar-refractivity contribution in [2.24, 2.45) is 5.92 Å². The molecule has 1 aromatic rings. The van der Waals surface area contributed by atoms with Gasteiger partial charge in [-0.1, -0.05) is 31.9 Å². The van der Waals surface area contributed by atoms with E-state index in [1.54, 1.807) is 0 Å². The maximum absolute atomic E-state index is 9.01. The van der Waals surface area contributed by atoms with Gasteiger partial charge in [0.2, 0.25) is 0 Å². The monoisotopic (exact) mass is 266 g/mol. The van der Waals surface area contributed by atoms with E-state index in [0.29, 0.717) is 0 Å². The molecular weight excluding hydrogens is 240 g/mol. The first-order chi connectivity index (χ1) is 9.30. The normalized spacial score (nSPS) is 10.9. The van der Waals surface area contributed by atoms with Crippen molar-refractivity contribution >= 4 is 0 Å². The lowest BCUT2D eigenvalue weighted by molar-refractivity contribution is 0.144. The molecule has 0 amide bonds. The van der Waals surface area contributed by atoms with E-state index in [1.165, 1.54) is 18.4 Å². The largest absolute Gasteiger partial charge is 0.494 e. The third-order valence-electron chi connectivity index (χ3n) is 3.30. The van der Waals surface area contributed by atoms with Crippen LogP contribution in [-0.2, 0) is 6.42 Å². The minimum atomic E-state index is -0.00929. The van der Waals surface area contributed by atoms with Gasteiger partial charge in [0.05, 0.1) is 6.61 Å². The van der Waals surface area contributed by atoms with E-state index in [1.807, 2.05) is 12.1 Å². The van der Waals surface area contributed by atoms with Gasteiger partial charge in [-0.2, -0.15) is 0 Å². The predicted molar refractivity (Wildman–Crippen MR) is 77.4 cm³/mol. The first-order valence-electron chi connectivity index (χ1n) is 7.23. The second-order valence-electron chi connectivity index (χ2n) is 4.97. The molecule has 0 aromatic heterocycles. The van der Waals surface area contributed by atoms with Gasteiger partial charge in [0.1, 0.15) is 5.75 Å². The van der Waals surface area contributed by atoms with Crippen LogP contribution in [0.5, 0.6) is 5.75 Å². The zero-order chi connectivity index (χ0) is 13.9. The van der Waals surface area contributed by atoms with E-state index < -0.39 is 0 Å². The maximum Gasteiger partial charge on any atom is 0.119 e. The molecule has 0 aliphatic carbocycles. The Labute approximate surface area is 116 Å². The second kappa shape index (κ2) is 9.82. The summed E-state index contributed by atoms with van der Waals surface area (Å²) in [5.74, 6) is 0.908. The Morgan fingerprint density at radius 3 is 2.32 bits per heavy atom. The van der Waals surface area contributed by atoms with Gasteiger partial charge < -0.3 is 14.9 Å². The Morgan fingerprint density at radius 1 is 1.05 bits per heavy atom. The van der Waals surface area contributed by atoms with Crippen LogP contribution in [-0.4, -0.2) is 30.0 Å². The number of rotatable bonds is 10. The van der Waals surface area contributed by atoms with Gasteiger partial charge >= 0.3 is 0 Å². The second-order valence-corrected chi connectivity index (χ2v) is 4.97. The van der Waals surface area contributed by atoms with Crippen LogP contribution in [0.4, 0.5) is 0 Å². The molecule has 0 radical (unpaired) electrons. The molecule has 0 spiro atoms. The van der Waals surface area contributed by atoms with Crippen molar-refractivity contribution in [1.29, 1.82) is 0 Å². The zero-order valence-electron chi connectivity index (χ0n) is 11.8. The highest BCUT2D eigenvalue weighted by molar-refractivity contribution is 5.27. The molecule has 1 aromatic carbocycles. The van der Waals surface area contributed by atoms with Crippen molar-refractivity contribution in [1.82, 2.24) is 0 Å². The molecule has 0 aliphatic heterocycles. The summed E-state index contributed by atoms with van der Waals surface area (Å²) in [5.41, 5.74) is 1.22. The lowest BCUT2D eigenvalue weighted by atomic mass is 10.0. The van der Waals surface area contributed by atoms with Gasteiger partial charge in [-0.3, -0.25) is 0 Å². The fourth-order valence-corrected chi connectivity index (χ4v) is 1.91. The van der Waals surface area contributed by atoms with Crippen LogP contribution >= 0.6 is 0 Å². The summed E-state index contributed by atoms with van der Waals surface area (Å²) in [6, 6.07) is 8.10. The van der Waals surface area contributed by atoms with E-state index in [4.69, 9.17) is 14.9 Å². The van der Waals surface area contributed by atoms with E-state index in [9.17, 15) is 0 Å². The summed E-state index contributed by atoms with van der Waals surface area (Å²) in [7, 11) is 0. The molecule has 19 heavy (non-hydrogen) atoms. The molecule has 1 rings (SSSR count). The summed E-state index contributed by atoms with van der Waals surface area (Å²) in [6.07, 6.45) is 5.21. The van der Waals surface area contributed by atoms with Gasteiger partial charge in [0, 0.05) is 19.1 Å². The van der Waals surface area contributed by atoms with E-state index >= 15 is 0 Å². The van der Waals surface area contributed by atoms with Gasteiger partial charge in [-0.25, -0.2) is 0 Å². The van der Waals surface area contributed by atoms with E-state index in [-0.39, 0.29) is 19.1 Å². The number of benzene rings is 1.